The van der Waals surface area contributed by atoms with Gasteiger partial charge in [0.25, 0.3) is 0 Å². The Hall–Kier alpha value is -1.13. The van der Waals surface area contributed by atoms with Crippen molar-refractivity contribution in [3.8, 4) is 0 Å². The Morgan fingerprint density at radius 2 is 2.41 bits per heavy atom. The van der Waals surface area contributed by atoms with Crippen molar-refractivity contribution >= 4 is 11.3 Å². The third-order valence-corrected chi connectivity index (χ3v) is 3.56. The van der Waals surface area contributed by atoms with Crippen LogP contribution in [0.1, 0.15) is 24.0 Å². The summed E-state index contributed by atoms with van der Waals surface area (Å²) in [6.45, 7) is 5.15. The van der Waals surface area contributed by atoms with Gasteiger partial charge in [-0.3, -0.25) is 0 Å². The van der Waals surface area contributed by atoms with E-state index in [1.807, 2.05) is 6.20 Å². The fraction of sp³-hybridized carbons (Fsp3) is 0.462. The Balaban J connectivity index is 1.72. The van der Waals surface area contributed by atoms with Crippen LogP contribution >= 0.6 is 11.3 Å². The van der Waals surface area contributed by atoms with Crippen molar-refractivity contribution in [2.75, 3.05) is 6.54 Å². The second kappa shape index (κ2) is 6.57. The molecule has 2 heterocycles. The summed E-state index contributed by atoms with van der Waals surface area (Å²) in [5.41, 5.74) is 0. The van der Waals surface area contributed by atoms with Gasteiger partial charge in [-0.1, -0.05) is 13.0 Å². The monoisotopic (exact) mass is 249 g/mol. The molecule has 17 heavy (non-hydrogen) atoms. The highest BCUT2D eigenvalue weighted by atomic mass is 32.1. The molecule has 0 saturated heterocycles. The number of thiophene rings is 1. The Morgan fingerprint density at radius 1 is 1.47 bits per heavy atom. The van der Waals surface area contributed by atoms with Crippen LogP contribution < -0.4 is 5.32 Å². The molecule has 2 rings (SSSR count). The van der Waals surface area contributed by atoms with Gasteiger partial charge >= 0.3 is 0 Å². The quantitative estimate of drug-likeness (QED) is 0.765. The Kier molecular flexibility index (Phi) is 4.76. The van der Waals surface area contributed by atoms with E-state index in [9.17, 15) is 0 Å². The van der Waals surface area contributed by atoms with Crippen molar-refractivity contribution < 1.29 is 0 Å². The molecule has 0 aliphatic rings. The minimum Gasteiger partial charge on any atom is -0.334 e. The molecule has 0 aliphatic heterocycles. The third-order valence-electron chi connectivity index (χ3n) is 2.68. The number of aromatic nitrogens is 2. The molecule has 0 radical (unpaired) electrons. The van der Waals surface area contributed by atoms with E-state index in [0.717, 1.165) is 32.5 Å². The lowest BCUT2D eigenvalue weighted by Crippen LogP contribution is -2.19. The summed E-state index contributed by atoms with van der Waals surface area (Å²) in [4.78, 5) is 5.76. The Labute approximate surface area is 107 Å². The van der Waals surface area contributed by atoms with Gasteiger partial charge in [0.05, 0.1) is 0 Å². The van der Waals surface area contributed by atoms with Gasteiger partial charge in [0.1, 0.15) is 5.82 Å². The third kappa shape index (κ3) is 3.68. The van der Waals surface area contributed by atoms with Gasteiger partial charge in [0, 0.05) is 43.3 Å². The van der Waals surface area contributed by atoms with Crippen LogP contribution in [0.4, 0.5) is 0 Å². The fourth-order valence-electron chi connectivity index (χ4n) is 1.82. The smallest absolute Gasteiger partial charge is 0.108 e. The Bertz CT molecular complexity index is 420. The maximum atomic E-state index is 4.37. The van der Waals surface area contributed by atoms with Crippen LogP contribution in [0, 0.1) is 0 Å². The largest absolute Gasteiger partial charge is 0.334 e. The molecule has 1 N–H and O–H groups in total. The maximum absolute atomic E-state index is 4.37. The standard InChI is InChI=1S/C13H19N3S/c1-2-4-13-15-7-9-16(13)8-6-14-11-12-5-3-10-17-12/h3,5,7,9-10,14H,2,4,6,8,11H2,1H3. The van der Waals surface area contributed by atoms with Crippen molar-refractivity contribution in [1.29, 1.82) is 0 Å². The molecule has 0 spiro atoms. The highest BCUT2D eigenvalue weighted by Crippen LogP contribution is 2.07. The first-order chi connectivity index (χ1) is 8.40. The van der Waals surface area contributed by atoms with Crippen LogP contribution in [0.15, 0.2) is 29.9 Å². The second-order valence-electron chi connectivity index (χ2n) is 4.04. The molecule has 0 aromatic carbocycles. The molecule has 3 nitrogen and oxygen atoms in total. The minimum absolute atomic E-state index is 0.968. The summed E-state index contributed by atoms with van der Waals surface area (Å²) in [5.74, 6) is 1.20. The first-order valence-corrected chi connectivity index (χ1v) is 7.01. The molecule has 0 unspecified atom stereocenters. The average molecular weight is 249 g/mol. The van der Waals surface area contributed by atoms with Crippen LogP contribution in [0.5, 0.6) is 0 Å². The number of nitrogens with zero attached hydrogens (tertiary/aromatic N) is 2. The number of imidazole rings is 1. The zero-order valence-electron chi connectivity index (χ0n) is 10.2. The van der Waals surface area contributed by atoms with E-state index in [2.05, 4.69) is 45.5 Å². The van der Waals surface area contributed by atoms with E-state index < -0.39 is 0 Å². The molecule has 4 heteroatoms. The highest BCUT2D eigenvalue weighted by Gasteiger charge is 2.00. The number of rotatable bonds is 7. The van der Waals surface area contributed by atoms with E-state index in [-0.39, 0.29) is 0 Å². The first-order valence-electron chi connectivity index (χ1n) is 6.13. The van der Waals surface area contributed by atoms with Crippen LogP contribution in [0.2, 0.25) is 0 Å². The van der Waals surface area contributed by atoms with Crippen molar-refractivity contribution in [3.05, 3.63) is 40.6 Å². The number of hydrogen-bond donors (Lipinski definition) is 1. The molecule has 92 valence electrons. The predicted octanol–water partition coefficient (Wildman–Crippen LogP) is 2.69. The topological polar surface area (TPSA) is 29.9 Å². The molecule has 0 amide bonds. The molecule has 0 bridgehead atoms. The van der Waals surface area contributed by atoms with Crippen LogP contribution in [0.25, 0.3) is 0 Å². The lowest BCUT2D eigenvalue weighted by molar-refractivity contribution is 0.578. The lowest BCUT2D eigenvalue weighted by Gasteiger charge is -2.07. The second-order valence-corrected chi connectivity index (χ2v) is 5.08. The average Bonchev–Trinajstić information content (AvgIpc) is 2.96. The summed E-state index contributed by atoms with van der Waals surface area (Å²) in [7, 11) is 0. The maximum Gasteiger partial charge on any atom is 0.108 e. The van der Waals surface area contributed by atoms with Crippen molar-refractivity contribution in [2.24, 2.45) is 0 Å². The van der Waals surface area contributed by atoms with Crippen molar-refractivity contribution in [1.82, 2.24) is 14.9 Å². The summed E-state index contributed by atoms with van der Waals surface area (Å²) >= 11 is 1.80. The van der Waals surface area contributed by atoms with E-state index >= 15 is 0 Å². The van der Waals surface area contributed by atoms with Gasteiger partial charge in [0.2, 0.25) is 0 Å². The number of hydrogen-bond acceptors (Lipinski definition) is 3. The van der Waals surface area contributed by atoms with E-state index in [4.69, 9.17) is 0 Å². The zero-order chi connectivity index (χ0) is 11.9. The van der Waals surface area contributed by atoms with Gasteiger partial charge < -0.3 is 9.88 Å². The van der Waals surface area contributed by atoms with Gasteiger partial charge in [-0.25, -0.2) is 4.98 Å². The van der Waals surface area contributed by atoms with Gasteiger partial charge in [-0.05, 0) is 17.9 Å². The normalized spacial score (nSPS) is 10.9. The van der Waals surface area contributed by atoms with Gasteiger partial charge in [0.15, 0.2) is 0 Å². The van der Waals surface area contributed by atoms with Crippen LogP contribution in [-0.4, -0.2) is 16.1 Å². The highest BCUT2D eigenvalue weighted by molar-refractivity contribution is 7.09. The molecule has 0 fully saturated rings. The molecular weight excluding hydrogens is 230 g/mol. The molecule has 2 aromatic rings. The minimum atomic E-state index is 0.968. The number of aryl methyl sites for hydroxylation is 1. The van der Waals surface area contributed by atoms with E-state index in [1.165, 1.54) is 10.7 Å². The van der Waals surface area contributed by atoms with Crippen LogP contribution in [-0.2, 0) is 19.5 Å². The summed E-state index contributed by atoms with van der Waals surface area (Å²) in [5, 5.41) is 5.57. The molecular formula is C13H19N3S. The molecule has 2 aromatic heterocycles. The zero-order valence-corrected chi connectivity index (χ0v) is 11.0. The lowest BCUT2D eigenvalue weighted by atomic mass is 10.3. The number of nitrogens with one attached hydrogen (secondary N) is 1. The summed E-state index contributed by atoms with van der Waals surface area (Å²) < 4.78 is 2.24. The molecule has 0 atom stereocenters. The fourth-order valence-corrected chi connectivity index (χ4v) is 2.49. The van der Waals surface area contributed by atoms with Crippen LogP contribution in [0.3, 0.4) is 0 Å². The van der Waals surface area contributed by atoms with Crippen molar-refractivity contribution in [2.45, 2.75) is 32.9 Å². The first kappa shape index (κ1) is 12.3. The van der Waals surface area contributed by atoms with Crippen molar-refractivity contribution in [3.63, 3.8) is 0 Å². The molecule has 0 aliphatic carbocycles. The SMILES string of the molecule is CCCc1nccn1CCNCc1cccs1. The summed E-state index contributed by atoms with van der Waals surface area (Å²) in [6.07, 6.45) is 6.18. The molecule has 0 saturated carbocycles. The van der Waals surface area contributed by atoms with Gasteiger partial charge in [-0.15, -0.1) is 11.3 Å². The Morgan fingerprint density at radius 3 is 3.18 bits per heavy atom. The van der Waals surface area contributed by atoms with Gasteiger partial charge in [-0.2, -0.15) is 0 Å². The summed E-state index contributed by atoms with van der Waals surface area (Å²) in [6, 6.07) is 4.26. The predicted molar refractivity (Wildman–Crippen MR) is 72.2 cm³/mol. The van der Waals surface area contributed by atoms with E-state index in [1.54, 1.807) is 11.3 Å². The van der Waals surface area contributed by atoms with E-state index in [0.29, 0.717) is 0 Å².